The molecular formula is C18H15N7O2S. The van der Waals surface area contributed by atoms with Gasteiger partial charge in [-0.3, -0.25) is 10.1 Å². The van der Waals surface area contributed by atoms with Crippen molar-refractivity contribution in [2.24, 2.45) is 0 Å². The molecule has 0 fully saturated rings. The molecule has 140 valence electrons. The number of furan rings is 1. The van der Waals surface area contributed by atoms with Crippen LogP contribution in [0.3, 0.4) is 0 Å². The number of rotatable bonds is 6. The van der Waals surface area contributed by atoms with Crippen molar-refractivity contribution in [2.45, 2.75) is 13.3 Å². The third kappa shape index (κ3) is 3.71. The predicted octanol–water partition coefficient (Wildman–Crippen LogP) is 2.98. The minimum Gasteiger partial charge on any atom is -0.465 e. The van der Waals surface area contributed by atoms with E-state index in [1.807, 2.05) is 37.3 Å². The van der Waals surface area contributed by atoms with Gasteiger partial charge in [0, 0.05) is 11.6 Å². The fraction of sp³-hybridized carbons (Fsp3) is 0.111. The van der Waals surface area contributed by atoms with Crippen molar-refractivity contribution in [2.75, 3.05) is 5.32 Å². The van der Waals surface area contributed by atoms with Crippen molar-refractivity contribution in [3.05, 3.63) is 59.5 Å². The molecule has 10 heteroatoms. The van der Waals surface area contributed by atoms with Crippen LogP contribution in [-0.4, -0.2) is 36.3 Å². The van der Waals surface area contributed by atoms with Crippen LogP contribution in [0.25, 0.3) is 23.2 Å². The van der Waals surface area contributed by atoms with E-state index in [0.29, 0.717) is 16.7 Å². The second kappa shape index (κ2) is 7.92. The maximum absolute atomic E-state index is 13.0. The highest BCUT2D eigenvalue weighted by atomic mass is 32.1. The lowest BCUT2D eigenvalue weighted by Crippen LogP contribution is -2.19. The number of carbonyl (C=O) groups excluding carboxylic acids is 1. The number of benzene rings is 1. The summed E-state index contributed by atoms with van der Waals surface area (Å²) in [6.45, 7) is 1.97. The first-order valence-corrected chi connectivity index (χ1v) is 9.29. The Bertz CT molecular complexity index is 1100. The van der Waals surface area contributed by atoms with Crippen molar-refractivity contribution in [3.63, 3.8) is 0 Å². The Morgan fingerprint density at radius 1 is 1.18 bits per heavy atom. The van der Waals surface area contributed by atoms with Crippen molar-refractivity contribution >= 4 is 34.1 Å². The lowest BCUT2D eigenvalue weighted by Gasteiger charge is -2.08. The molecule has 0 aliphatic carbocycles. The molecule has 1 amide bonds. The SMILES string of the molecule is CCc1nnc(NC(=O)/C(=C/c2ccco2)n2nnnc2-c2ccccc2)s1. The van der Waals surface area contributed by atoms with E-state index < -0.39 is 5.91 Å². The van der Waals surface area contributed by atoms with Crippen molar-refractivity contribution < 1.29 is 9.21 Å². The van der Waals surface area contributed by atoms with Crippen LogP contribution in [0.1, 0.15) is 17.7 Å². The van der Waals surface area contributed by atoms with Crippen molar-refractivity contribution in [3.8, 4) is 11.4 Å². The van der Waals surface area contributed by atoms with Crippen LogP contribution >= 0.6 is 11.3 Å². The second-order valence-corrected chi connectivity index (χ2v) is 6.70. The monoisotopic (exact) mass is 393 g/mol. The lowest BCUT2D eigenvalue weighted by atomic mass is 10.2. The Morgan fingerprint density at radius 2 is 2.04 bits per heavy atom. The number of anilines is 1. The Balaban J connectivity index is 1.73. The number of nitrogens with one attached hydrogen (secondary N) is 1. The van der Waals surface area contributed by atoms with Gasteiger partial charge in [0.2, 0.25) is 5.13 Å². The Morgan fingerprint density at radius 3 is 2.75 bits per heavy atom. The summed E-state index contributed by atoms with van der Waals surface area (Å²) < 4.78 is 6.74. The molecule has 0 aliphatic heterocycles. The first-order chi connectivity index (χ1) is 13.7. The predicted molar refractivity (Wildman–Crippen MR) is 104 cm³/mol. The first kappa shape index (κ1) is 17.7. The lowest BCUT2D eigenvalue weighted by molar-refractivity contribution is -0.111. The second-order valence-electron chi connectivity index (χ2n) is 5.63. The van der Waals surface area contributed by atoms with Crippen LogP contribution in [0.15, 0.2) is 53.1 Å². The summed E-state index contributed by atoms with van der Waals surface area (Å²) in [5.74, 6) is 0.492. The van der Waals surface area contributed by atoms with Gasteiger partial charge in [0.25, 0.3) is 5.91 Å². The third-order valence-corrected chi connectivity index (χ3v) is 4.76. The smallest absolute Gasteiger partial charge is 0.276 e. The van der Waals surface area contributed by atoms with Gasteiger partial charge in [-0.05, 0) is 29.0 Å². The summed E-state index contributed by atoms with van der Waals surface area (Å²) in [7, 11) is 0. The Hall–Kier alpha value is -3.66. The molecule has 9 nitrogen and oxygen atoms in total. The zero-order chi connectivity index (χ0) is 19.3. The van der Waals surface area contributed by atoms with Gasteiger partial charge in [-0.25, -0.2) is 0 Å². The molecule has 0 radical (unpaired) electrons. The number of hydrogen-bond acceptors (Lipinski definition) is 8. The summed E-state index contributed by atoms with van der Waals surface area (Å²) >= 11 is 1.32. The standard InChI is InChI=1S/C18H15N7O2S/c1-2-15-20-22-18(28-15)19-17(26)14(11-13-9-6-10-27-13)25-16(21-23-24-25)12-7-4-3-5-8-12/h3-11H,2H2,1H3,(H,19,22,26)/b14-11-. The molecule has 0 bridgehead atoms. The van der Waals surface area contributed by atoms with E-state index in [1.54, 1.807) is 18.2 Å². The highest BCUT2D eigenvalue weighted by molar-refractivity contribution is 7.15. The largest absolute Gasteiger partial charge is 0.465 e. The van der Waals surface area contributed by atoms with Gasteiger partial charge in [-0.2, -0.15) is 4.68 Å². The molecule has 28 heavy (non-hydrogen) atoms. The number of aromatic nitrogens is 6. The number of carbonyl (C=O) groups is 1. The minimum absolute atomic E-state index is 0.187. The third-order valence-electron chi connectivity index (χ3n) is 3.77. The number of nitrogens with zero attached hydrogens (tertiary/aromatic N) is 6. The maximum Gasteiger partial charge on any atom is 0.276 e. The van der Waals surface area contributed by atoms with Gasteiger partial charge < -0.3 is 4.42 Å². The van der Waals surface area contributed by atoms with E-state index >= 15 is 0 Å². The molecule has 0 saturated carbocycles. The van der Waals surface area contributed by atoms with E-state index in [1.165, 1.54) is 22.3 Å². The molecule has 4 rings (SSSR count). The van der Waals surface area contributed by atoms with Crippen molar-refractivity contribution in [1.29, 1.82) is 0 Å². The summed E-state index contributed by atoms with van der Waals surface area (Å²) in [5, 5.41) is 23.8. The molecule has 0 atom stereocenters. The van der Waals surface area contributed by atoms with E-state index in [0.717, 1.165) is 17.0 Å². The topological polar surface area (TPSA) is 112 Å². The molecule has 1 N–H and O–H groups in total. The normalized spacial score (nSPS) is 11.5. The molecule has 1 aromatic carbocycles. The maximum atomic E-state index is 13.0. The van der Waals surface area contributed by atoms with Gasteiger partial charge in [-0.15, -0.1) is 15.3 Å². The van der Waals surface area contributed by atoms with Gasteiger partial charge in [0.1, 0.15) is 16.5 Å². The number of amides is 1. The van der Waals surface area contributed by atoms with Crippen LogP contribution in [-0.2, 0) is 11.2 Å². The average molecular weight is 393 g/mol. The van der Waals surface area contributed by atoms with Gasteiger partial charge >= 0.3 is 0 Å². The number of aryl methyl sites for hydroxylation is 1. The van der Waals surface area contributed by atoms with Crippen LogP contribution in [0.2, 0.25) is 0 Å². The summed E-state index contributed by atoms with van der Waals surface area (Å²) in [4.78, 5) is 13.0. The minimum atomic E-state index is -0.431. The molecule has 0 saturated heterocycles. The van der Waals surface area contributed by atoms with E-state index in [9.17, 15) is 4.79 Å². The summed E-state index contributed by atoms with van der Waals surface area (Å²) in [5.41, 5.74) is 0.960. The molecule has 3 aromatic heterocycles. The number of tetrazole rings is 1. The zero-order valence-electron chi connectivity index (χ0n) is 14.8. The summed E-state index contributed by atoms with van der Waals surface area (Å²) in [6.07, 6.45) is 3.84. The van der Waals surface area contributed by atoms with Gasteiger partial charge in [0.05, 0.1) is 6.26 Å². The quantitative estimate of drug-likeness (QED) is 0.501. The van der Waals surface area contributed by atoms with E-state index in [-0.39, 0.29) is 5.70 Å². The fourth-order valence-electron chi connectivity index (χ4n) is 2.46. The van der Waals surface area contributed by atoms with Crippen LogP contribution in [0, 0.1) is 0 Å². The molecule has 0 unspecified atom stereocenters. The highest BCUT2D eigenvalue weighted by Gasteiger charge is 2.21. The van der Waals surface area contributed by atoms with E-state index in [2.05, 4.69) is 31.0 Å². The number of hydrogen-bond donors (Lipinski definition) is 1. The molecule has 0 spiro atoms. The van der Waals surface area contributed by atoms with Crippen LogP contribution < -0.4 is 5.32 Å². The molecule has 0 aliphatic rings. The van der Waals surface area contributed by atoms with Crippen molar-refractivity contribution in [1.82, 2.24) is 30.4 Å². The van der Waals surface area contributed by atoms with Gasteiger partial charge in [-0.1, -0.05) is 48.6 Å². The fourth-order valence-corrected chi connectivity index (χ4v) is 3.13. The molecule has 4 aromatic rings. The van der Waals surface area contributed by atoms with Crippen LogP contribution in [0.4, 0.5) is 5.13 Å². The molecule has 3 heterocycles. The highest BCUT2D eigenvalue weighted by Crippen LogP contribution is 2.22. The Labute approximate surface area is 163 Å². The first-order valence-electron chi connectivity index (χ1n) is 8.47. The average Bonchev–Trinajstić information content (AvgIpc) is 3.48. The zero-order valence-corrected chi connectivity index (χ0v) is 15.6. The van der Waals surface area contributed by atoms with Gasteiger partial charge in [0.15, 0.2) is 5.82 Å². The molecular weight excluding hydrogens is 378 g/mol. The summed E-state index contributed by atoms with van der Waals surface area (Å²) in [6, 6.07) is 12.8. The Kier molecular flexibility index (Phi) is 5.02. The van der Waals surface area contributed by atoms with E-state index in [4.69, 9.17) is 4.42 Å². The van der Waals surface area contributed by atoms with Crippen LogP contribution in [0.5, 0.6) is 0 Å².